The summed E-state index contributed by atoms with van der Waals surface area (Å²) in [5, 5.41) is 0.955. The number of halogens is 8. The molecule has 2 aromatic carbocycles. The molecule has 3 atom stereocenters. The molecule has 3 aromatic rings. The van der Waals surface area contributed by atoms with E-state index in [0.717, 1.165) is 23.0 Å². The fourth-order valence-corrected chi connectivity index (χ4v) is 6.10. The number of benzene rings is 2. The summed E-state index contributed by atoms with van der Waals surface area (Å²) in [6, 6.07) is 8.77. The van der Waals surface area contributed by atoms with E-state index in [9.17, 15) is 31.1 Å². The minimum absolute atomic E-state index is 0. The third-order valence-electron chi connectivity index (χ3n) is 8.32. The summed E-state index contributed by atoms with van der Waals surface area (Å²) >= 11 is 0. The Bertz CT molecular complexity index is 1370. The van der Waals surface area contributed by atoms with Crippen LogP contribution in [0.15, 0.2) is 48.7 Å². The number of nitrogens with zero attached hydrogens (tertiary/aromatic N) is 3. The van der Waals surface area contributed by atoms with E-state index < -0.39 is 41.0 Å². The van der Waals surface area contributed by atoms with E-state index in [-0.39, 0.29) is 49.5 Å². The molecule has 0 unspecified atom stereocenters. The van der Waals surface area contributed by atoms with Gasteiger partial charge in [-0.2, -0.15) is 26.3 Å². The average molecular weight is 670 g/mol. The number of H-pyrrole nitrogens is 1. The highest BCUT2D eigenvalue weighted by Crippen LogP contribution is 2.37. The topological polar surface area (TPSA) is 51.8 Å². The first kappa shape index (κ1) is 36.0. The largest absolute Gasteiger partial charge is 0.416 e. The maximum absolute atomic E-state index is 13.7. The van der Waals surface area contributed by atoms with Crippen molar-refractivity contribution in [2.24, 2.45) is 0 Å². The first-order valence-corrected chi connectivity index (χ1v) is 14.0. The molecular formula is C30H36Cl2F6N4O2. The fraction of sp³-hybridized carbons (Fsp3) is 0.500. The van der Waals surface area contributed by atoms with Crippen LogP contribution in [0.3, 0.4) is 0 Å². The number of para-hydroxylation sites is 1. The monoisotopic (exact) mass is 668 g/mol. The summed E-state index contributed by atoms with van der Waals surface area (Å²) in [5.74, 6) is -0.841. The van der Waals surface area contributed by atoms with Gasteiger partial charge in [0.15, 0.2) is 0 Å². The number of piperazine rings is 1. The molecule has 0 bridgehead atoms. The maximum atomic E-state index is 13.7. The Kier molecular flexibility index (Phi) is 11.7. The Balaban J connectivity index is 0.00000264. The van der Waals surface area contributed by atoms with Gasteiger partial charge in [0, 0.05) is 73.5 Å². The lowest BCUT2D eigenvalue weighted by molar-refractivity contribution is -0.143. The zero-order valence-electron chi connectivity index (χ0n) is 24.3. The summed E-state index contributed by atoms with van der Waals surface area (Å²) in [5.41, 5.74) is -1.79. The van der Waals surface area contributed by atoms with E-state index in [4.69, 9.17) is 4.74 Å². The lowest BCUT2D eigenvalue weighted by Crippen LogP contribution is -2.58. The van der Waals surface area contributed by atoms with Gasteiger partial charge in [0.1, 0.15) is 0 Å². The summed E-state index contributed by atoms with van der Waals surface area (Å²) < 4.78 is 86.9. The lowest BCUT2D eigenvalue weighted by Gasteiger charge is -2.44. The smallest absolute Gasteiger partial charge is 0.378 e. The molecule has 1 amide bonds. The van der Waals surface area contributed by atoms with Gasteiger partial charge >= 0.3 is 12.4 Å². The van der Waals surface area contributed by atoms with Gasteiger partial charge in [-0.05, 0) is 50.1 Å². The number of nitrogens with one attached hydrogen (secondary N) is 1. The number of amides is 1. The van der Waals surface area contributed by atoms with Crippen molar-refractivity contribution in [2.75, 3.05) is 45.9 Å². The van der Waals surface area contributed by atoms with Crippen LogP contribution in [-0.4, -0.2) is 89.7 Å². The molecule has 0 aliphatic carbocycles. The highest BCUT2D eigenvalue weighted by atomic mass is 35.5. The normalized spacial score (nSPS) is 22.0. The summed E-state index contributed by atoms with van der Waals surface area (Å²) in [7, 11) is 0. The highest BCUT2D eigenvalue weighted by Gasteiger charge is 2.39. The standard InChI is InChI=1S/C30H34F6N4O2.2ClH/c1-19-17-42-18-20(2)39(19)9-7-38-8-10-40(25(16-38)13-22-15-37-27-6-4-3-5-26(22)27)28(41)21-11-23(29(31,32)33)14-24(12-21)30(34,35)36;;/h3-6,11-12,14-15,19-20,25,37H,7-10,13,16-18H2,1-2H3;2*1H/t19-,20-,25+;;/m0../s1. The van der Waals surface area contributed by atoms with Crippen molar-refractivity contribution >= 4 is 41.6 Å². The van der Waals surface area contributed by atoms with Crippen LogP contribution in [-0.2, 0) is 23.5 Å². The lowest BCUT2D eigenvalue weighted by atomic mass is 9.98. The first-order valence-electron chi connectivity index (χ1n) is 14.0. The van der Waals surface area contributed by atoms with Crippen LogP contribution in [0.25, 0.3) is 10.9 Å². The number of fused-ring (bicyclic) bond motifs is 1. The number of ether oxygens (including phenoxy) is 1. The molecule has 0 saturated carbocycles. The Morgan fingerprint density at radius 1 is 0.909 bits per heavy atom. The zero-order chi connectivity index (χ0) is 30.2. The number of morpholine rings is 1. The van der Waals surface area contributed by atoms with Gasteiger partial charge in [-0.15, -0.1) is 24.8 Å². The number of aromatic nitrogens is 1. The Labute approximate surface area is 264 Å². The van der Waals surface area contributed by atoms with E-state index in [0.29, 0.717) is 51.4 Å². The molecule has 44 heavy (non-hydrogen) atoms. The number of carbonyl (C=O) groups is 1. The van der Waals surface area contributed by atoms with E-state index in [1.165, 1.54) is 4.90 Å². The number of hydrogen-bond acceptors (Lipinski definition) is 4. The second-order valence-corrected chi connectivity index (χ2v) is 11.3. The number of alkyl halides is 6. The molecule has 3 heterocycles. The van der Waals surface area contributed by atoms with Gasteiger partial charge in [0.25, 0.3) is 5.91 Å². The highest BCUT2D eigenvalue weighted by molar-refractivity contribution is 5.95. The third-order valence-corrected chi connectivity index (χ3v) is 8.32. The van der Waals surface area contributed by atoms with Crippen LogP contribution in [0.5, 0.6) is 0 Å². The molecular weight excluding hydrogens is 633 g/mol. The van der Waals surface area contributed by atoms with Gasteiger partial charge in [-0.1, -0.05) is 18.2 Å². The first-order chi connectivity index (χ1) is 19.8. The zero-order valence-corrected chi connectivity index (χ0v) is 25.9. The molecule has 244 valence electrons. The number of hydrogen-bond donors (Lipinski definition) is 1. The molecule has 2 aliphatic rings. The van der Waals surface area contributed by atoms with Crippen molar-refractivity contribution < 1.29 is 35.9 Å². The molecule has 2 saturated heterocycles. The molecule has 5 rings (SSSR count). The van der Waals surface area contributed by atoms with Gasteiger partial charge in [-0.3, -0.25) is 14.6 Å². The van der Waals surface area contributed by atoms with E-state index >= 15 is 0 Å². The number of aromatic amines is 1. The average Bonchev–Trinajstić information content (AvgIpc) is 3.34. The molecule has 6 nitrogen and oxygen atoms in total. The van der Waals surface area contributed by atoms with E-state index in [1.807, 2.05) is 30.5 Å². The molecule has 2 aliphatic heterocycles. The van der Waals surface area contributed by atoms with Crippen molar-refractivity contribution in [3.05, 3.63) is 70.9 Å². The van der Waals surface area contributed by atoms with E-state index in [1.54, 1.807) is 0 Å². The van der Waals surface area contributed by atoms with Gasteiger partial charge in [0.2, 0.25) is 0 Å². The second-order valence-electron chi connectivity index (χ2n) is 11.3. The quantitative estimate of drug-likeness (QED) is 0.304. The summed E-state index contributed by atoms with van der Waals surface area (Å²) in [4.78, 5) is 22.9. The molecule has 0 spiro atoms. The Morgan fingerprint density at radius 2 is 1.52 bits per heavy atom. The SMILES string of the molecule is C[C@H]1COC[C@H](C)N1CCN1CCN(C(=O)c2cc(C(F)(F)F)cc(C(F)(F)F)c2)[C@H](Cc2c[nH]c3ccccc23)C1.Cl.Cl. The van der Waals surface area contributed by atoms with Gasteiger partial charge < -0.3 is 14.6 Å². The Morgan fingerprint density at radius 3 is 2.14 bits per heavy atom. The van der Waals surface area contributed by atoms with E-state index in [2.05, 4.69) is 28.6 Å². The predicted molar refractivity (Wildman–Crippen MR) is 161 cm³/mol. The van der Waals surface area contributed by atoms with Crippen LogP contribution in [0, 0.1) is 0 Å². The van der Waals surface area contributed by atoms with Crippen LogP contribution in [0.4, 0.5) is 26.3 Å². The minimum Gasteiger partial charge on any atom is -0.378 e. The van der Waals surface area contributed by atoms with Crippen LogP contribution in [0.1, 0.15) is 40.9 Å². The molecule has 1 N–H and O–H groups in total. The van der Waals surface area contributed by atoms with Gasteiger partial charge in [0.05, 0.1) is 24.3 Å². The maximum Gasteiger partial charge on any atom is 0.416 e. The molecule has 1 aromatic heterocycles. The number of carbonyl (C=O) groups excluding carboxylic acids is 1. The second kappa shape index (κ2) is 14.3. The molecule has 0 radical (unpaired) electrons. The minimum atomic E-state index is -5.04. The van der Waals surface area contributed by atoms with Crippen molar-refractivity contribution in [1.82, 2.24) is 19.7 Å². The van der Waals surface area contributed by atoms with Crippen LogP contribution >= 0.6 is 24.8 Å². The molecule has 14 heteroatoms. The van der Waals surface area contributed by atoms with Crippen LogP contribution < -0.4 is 0 Å². The Hall–Kier alpha value is -2.51. The third kappa shape index (κ3) is 8.00. The summed E-state index contributed by atoms with van der Waals surface area (Å²) in [6.45, 7) is 8.06. The van der Waals surface area contributed by atoms with Gasteiger partial charge in [-0.25, -0.2) is 0 Å². The summed E-state index contributed by atoms with van der Waals surface area (Å²) in [6.07, 6.45) is -7.84. The number of rotatable bonds is 6. The predicted octanol–water partition coefficient (Wildman–Crippen LogP) is 6.53. The van der Waals surface area contributed by atoms with Crippen molar-refractivity contribution in [3.63, 3.8) is 0 Å². The van der Waals surface area contributed by atoms with Crippen molar-refractivity contribution in [2.45, 2.75) is 50.7 Å². The van der Waals surface area contributed by atoms with Crippen LogP contribution in [0.2, 0.25) is 0 Å². The molecule has 2 fully saturated rings. The fourth-order valence-electron chi connectivity index (χ4n) is 6.10. The van der Waals surface area contributed by atoms with Crippen molar-refractivity contribution in [3.8, 4) is 0 Å². The van der Waals surface area contributed by atoms with Crippen molar-refractivity contribution in [1.29, 1.82) is 0 Å².